The number of anilines is 2. The molecule has 2 aromatic heterocycles. The third-order valence-electron chi connectivity index (χ3n) is 9.68. The Kier molecular flexibility index (Phi) is 10.6. The number of sulfonamides is 1. The molecule has 9 nitrogen and oxygen atoms in total. The van der Waals surface area contributed by atoms with Crippen LogP contribution < -0.4 is 9.62 Å². The van der Waals surface area contributed by atoms with Gasteiger partial charge >= 0.3 is 0 Å². The average molecular weight is 734 g/mol. The van der Waals surface area contributed by atoms with Gasteiger partial charge in [0.15, 0.2) is 11.6 Å². The van der Waals surface area contributed by atoms with E-state index in [2.05, 4.69) is 136 Å². The zero-order chi connectivity index (χ0) is 37.5. The summed E-state index contributed by atoms with van der Waals surface area (Å²) in [6, 6.07) is 49.7. The zero-order valence-corrected chi connectivity index (χ0v) is 31.5. The Balaban J connectivity index is 1.30. The number of hydrogen-bond donors (Lipinski definition) is 1. The lowest BCUT2D eigenvalue weighted by Crippen LogP contribution is -2.39. The molecule has 10 heteroatoms. The molecule has 2 heterocycles. The SMILES string of the molecule is CCCCN(Cc1ccc(-c2ccccc2-c2nnnn2C(c2ccccc2)(c2ccccc2)c2ccccc2)cc1)c1nccc(C)c1NS(C)(=O)=O. The van der Waals surface area contributed by atoms with Crippen LogP contribution in [0.1, 0.15) is 47.6 Å². The van der Waals surface area contributed by atoms with Gasteiger partial charge < -0.3 is 4.90 Å². The normalized spacial score (nSPS) is 11.7. The molecule has 7 aromatic rings. The number of nitrogens with zero attached hydrogens (tertiary/aromatic N) is 6. The van der Waals surface area contributed by atoms with E-state index in [1.54, 1.807) is 6.20 Å². The van der Waals surface area contributed by atoms with Gasteiger partial charge in [0.1, 0.15) is 5.54 Å². The van der Waals surface area contributed by atoms with Crippen molar-refractivity contribution in [2.24, 2.45) is 0 Å². The van der Waals surface area contributed by atoms with Gasteiger partial charge in [0.2, 0.25) is 10.0 Å². The van der Waals surface area contributed by atoms with Crippen LogP contribution in [0.25, 0.3) is 22.5 Å². The number of benzene rings is 5. The third kappa shape index (κ3) is 7.38. The second-order valence-electron chi connectivity index (χ2n) is 13.4. The largest absolute Gasteiger partial charge is 0.351 e. The fourth-order valence-electron chi connectivity index (χ4n) is 7.13. The summed E-state index contributed by atoms with van der Waals surface area (Å²) >= 11 is 0. The molecule has 7 rings (SSSR count). The number of nitrogens with one attached hydrogen (secondary N) is 1. The maximum atomic E-state index is 12.3. The van der Waals surface area contributed by atoms with E-state index in [0.29, 0.717) is 23.9 Å². The summed E-state index contributed by atoms with van der Waals surface area (Å²) in [5.41, 5.74) is 7.52. The summed E-state index contributed by atoms with van der Waals surface area (Å²) < 4.78 is 29.3. The fourth-order valence-corrected chi connectivity index (χ4v) is 7.75. The molecule has 0 saturated heterocycles. The quantitative estimate of drug-likeness (QED) is 0.112. The lowest BCUT2D eigenvalue weighted by Gasteiger charge is -2.36. The van der Waals surface area contributed by atoms with Gasteiger partial charge in [-0.05, 0) is 68.8 Å². The number of rotatable bonds is 14. The Hall–Kier alpha value is -6.13. The number of pyridine rings is 1. The van der Waals surface area contributed by atoms with E-state index in [4.69, 9.17) is 10.3 Å². The molecule has 0 aliphatic rings. The highest BCUT2D eigenvalue weighted by molar-refractivity contribution is 7.92. The molecule has 0 amide bonds. The first-order valence-electron chi connectivity index (χ1n) is 18.1. The van der Waals surface area contributed by atoms with E-state index in [-0.39, 0.29) is 0 Å². The van der Waals surface area contributed by atoms with Gasteiger partial charge in [-0.25, -0.2) is 18.1 Å². The van der Waals surface area contributed by atoms with Gasteiger partial charge in [-0.2, -0.15) is 0 Å². The first-order chi connectivity index (χ1) is 26.3. The van der Waals surface area contributed by atoms with E-state index in [0.717, 1.165) is 63.9 Å². The smallest absolute Gasteiger partial charge is 0.229 e. The molecular weight excluding hydrogens is 691 g/mol. The van der Waals surface area contributed by atoms with E-state index in [1.165, 1.54) is 6.26 Å². The Morgan fingerprint density at radius 3 is 1.83 bits per heavy atom. The van der Waals surface area contributed by atoms with Crippen molar-refractivity contribution in [2.75, 3.05) is 22.4 Å². The Morgan fingerprint density at radius 2 is 1.28 bits per heavy atom. The van der Waals surface area contributed by atoms with E-state index < -0.39 is 15.6 Å². The number of hydrogen-bond acceptors (Lipinski definition) is 7. The van der Waals surface area contributed by atoms with E-state index in [1.807, 2.05) is 48.0 Å². The van der Waals surface area contributed by atoms with Gasteiger partial charge in [-0.1, -0.05) is 153 Å². The van der Waals surface area contributed by atoms with Gasteiger partial charge in [0.25, 0.3) is 0 Å². The predicted octanol–water partition coefficient (Wildman–Crippen LogP) is 8.73. The molecule has 0 fully saturated rings. The van der Waals surface area contributed by atoms with Crippen molar-refractivity contribution in [3.63, 3.8) is 0 Å². The lowest BCUT2D eigenvalue weighted by molar-refractivity contribution is 0.451. The number of aromatic nitrogens is 5. The highest BCUT2D eigenvalue weighted by atomic mass is 32.2. The van der Waals surface area contributed by atoms with Crippen LogP contribution in [0.2, 0.25) is 0 Å². The van der Waals surface area contributed by atoms with Crippen LogP contribution in [-0.2, 0) is 22.1 Å². The van der Waals surface area contributed by atoms with Crippen molar-refractivity contribution in [1.82, 2.24) is 25.2 Å². The molecule has 0 atom stereocenters. The van der Waals surface area contributed by atoms with Crippen LogP contribution in [0.5, 0.6) is 0 Å². The molecule has 54 heavy (non-hydrogen) atoms. The first-order valence-corrected chi connectivity index (χ1v) is 20.0. The number of tetrazole rings is 1. The van der Waals surface area contributed by atoms with Crippen LogP contribution >= 0.6 is 0 Å². The van der Waals surface area contributed by atoms with E-state index in [9.17, 15) is 8.42 Å². The maximum Gasteiger partial charge on any atom is 0.229 e. The maximum absolute atomic E-state index is 12.3. The molecule has 272 valence electrons. The zero-order valence-electron chi connectivity index (χ0n) is 30.7. The number of unbranched alkanes of at least 4 members (excludes halogenated alkanes) is 1. The standard InChI is InChI=1S/C44H43N7O2S/c1-4-5-31-50(43-41(47-54(3,52)53)33(2)29-30-45-43)32-34-25-27-35(28-26-34)39-23-15-16-24-40(39)42-46-48-49-51(42)44(36-17-9-6-10-18-36,37-19-11-7-12-20-37)38-21-13-8-14-22-38/h6-30,47H,4-5,31-32H2,1-3H3. The molecule has 5 aromatic carbocycles. The van der Waals surface area contributed by atoms with Gasteiger partial charge in [0, 0.05) is 24.8 Å². The summed E-state index contributed by atoms with van der Waals surface area (Å²) in [4.78, 5) is 6.80. The minimum Gasteiger partial charge on any atom is -0.351 e. The minimum atomic E-state index is -3.50. The molecule has 0 unspecified atom stereocenters. The molecule has 0 radical (unpaired) electrons. The molecule has 0 saturated carbocycles. The molecule has 0 bridgehead atoms. The molecule has 0 aliphatic heterocycles. The second-order valence-corrected chi connectivity index (χ2v) is 15.2. The molecule has 0 aliphatic carbocycles. The Morgan fingerprint density at radius 1 is 0.722 bits per heavy atom. The summed E-state index contributed by atoms with van der Waals surface area (Å²) in [6.45, 7) is 5.32. The van der Waals surface area contributed by atoms with Crippen molar-refractivity contribution in [2.45, 2.75) is 38.8 Å². The topological polar surface area (TPSA) is 106 Å². The summed E-state index contributed by atoms with van der Waals surface area (Å²) in [5.74, 6) is 1.25. The summed E-state index contributed by atoms with van der Waals surface area (Å²) in [5, 5.41) is 13.8. The highest BCUT2D eigenvalue weighted by Gasteiger charge is 2.42. The molecular formula is C44H43N7O2S. The van der Waals surface area contributed by atoms with Crippen LogP contribution in [0.15, 0.2) is 152 Å². The van der Waals surface area contributed by atoms with Gasteiger partial charge in [0.05, 0.1) is 11.9 Å². The van der Waals surface area contributed by atoms with Crippen molar-refractivity contribution in [3.8, 4) is 22.5 Å². The van der Waals surface area contributed by atoms with Crippen molar-refractivity contribution >= 4 is 21.5 Å². The fraction of sp³-hybridized carbons (Fsp3) is 0.182. The first kappa shape index (κ1) is 36.2. The second kappa shape index (κ2) is 15.9. The van der Waals surface area contributed by atoms with Crippen molar-refractivity contribution < 1.29 is 8.42 Å². The highest BCUT2D eigenvalue weighted by Crippen LogP contribution is 2.43. The molecule has 0 spiro atoms. The Bertz CT molecular complexity index is 2320. The molecule has 1 N–H and O–H groups in total. The van der Waals surface area contributed by atoms with E-state index >= 15 is 0 Å². The monoisotopic (exact) mass is 733 g/mol. The average Bonchev–Trinajstić information content (AvgIpc) is 3.69. The Labute approximate surface area is 317 Å². The third-order valence-corrected chi connectivity index (χ3v) is 10.3. The van der Waals surface area contributed by atoms with Crippen LogP contribution in [0.3, 0.4) is 0 Å². The van der Waals surface area contributed by atoms with Crippen molar-refractivity contribution in [1.29, 1.82) is 0 Å². The summed E-state index contributed by atoms with van der Waals surface area (Å²) in [7, 11) is -3.50. The number of aryl methyl sites for hydroxylation is 1. The van der Waals surface area contributed by atoms with Crippen LogP contribution in [-0.4, -0.2) is 46.4 Å². The van der Waals surface area contributed by atoms with Crippen molar-refractivity contribution in [3.05, 3.63) is 180 Å². The van der Waals surface area contributed by atoms with Gasteiger partial charge in [-0.3, -0.25) is 4.72 Å². The lowest BCUT2D eigenvalue weighted by atomic mass is 9.77. The van der Waals surface area contributed by atoms with Gasteiger partial charge in [-0.15, -0.1) is 5.10 Å². The minimum absolute atomic E-state index is 0.511. The van der Waals surface area contributed by atoms with Crippen LogP contribution in [0.4, 0.5) is 11.5 Å². The predicted molar refractivity (Wildman–Crippen MR) is 217 cm³/mol. The van der Waals surface area contributed by atoms with Crippen LogP contribution in [0, 0.1) is 6.92 Å². The summed E-state index contributed by atoms with van der Waals surface area (Å²) in [6.07, 6.45) is 4.82.